The van der Waals surface area contributed by atoms with Gasteiger partial charge in [0.05, 0.1) is 16.6 Å². The van der Waals surface area contributed by atoms with Crippen LogP contribution in [0, 0.1) is 21.4 Å². The number of nitriles is 1. The number of anilines is 1. The lowest BCUT2D eigenvalue weighted by Gasteiger charge is -2.19. The fourth-order valence-electron chi connectivity index (χ4n) is 2.59. The van der Waals surface area contributed by atoms with Crippen molar-refractivity contribution in [3.63, 3.8) is 0 Å². The van der Waals surface area contributed by atoms with Crippen LogP contribution >= 0.6 is 0 Å². The molecule has 1 N–H and O–H groups in total. The number of carbonyl (C=O) groups excluding carboxylic acids is 1. The number of amides is 1. The van der Waals surface area contributed by atoms with Gasteiger partial charge in [0.25, 0.3) is 11.6 Å². The van der Waals surface area contributed by atoms with Gasteiger partial charge < -0.3 is 19.5 Å². The van der Waals surface area contributed by atoms with E-state index in [1.54, 1.807) is 6.07 Å². The van der Waals surface area contributed by atoms with Gasteiger partial charge in [-0.25, -0.2) is 0 Å². The van der Waals surface area contributed by atoms with Gasteiger partial charge in [0, 0.05) is 11.8 Å². The standard InChI is InChI=1S/C18H12F3N3O6/c19-18(20,21)9-30-14-2-1-11(5-10(14)8-22)23-17(25)12-6-15-16(29-4-3-28-15)7-13(12)24(26)27/h1-2,5-7H,3-4,9H2,(H,23,25). The lowest BCUT2D eigenvalue weighted by atomic mass is 10.1. The Morgan fingerprint density at radius 2 is 1.90 bits per heavy atom. The summed E-state index contributed by atoms with van der Waals surface area (Å²) in [5, 5.41) is 22.8. The molecule has 0 aromatic heterocycles. The van der Waals surface area contributed by atoms with Crippen molar-refractivity contribution < 1.29 is 37.1 Å². The Kier molecular flexibility index (Phi) is 5.63. The minimum atomic E-state index is -4.59. The highest BCUT2D eigenvalue weighted by atomic mass is 19.4. The summed E-state index contributed by atoms with van der Waals surface area (Å²) in [4.78, 5) is 23.2. The van der Waals surface area contributed by atoms with E-state index in [9.17, 15) is 28.1 Å². The van der Waals surface area contributed by atoms with Gasteiger partial charge in [-0.1, -0.05) is 0 Å². The molecular formula is C18H12F3N3O6. The van der Waals surface area contributed by atoms with Gasteiger partial charge in [0.15, 0.2) is 18.1 Å². The molecule has 9 nitrogen and oxygen atoms in total. The first-order valence-corrected chi connectivity index (χ1v) is 8.31. The number of nitrogens with zero attached hydrogens (tertiary/aromatic N) is 2. The second-order valence-electron chi connectivity index (χ2n) is 5.95. The highest BCUT2D eigenvalue weighted by molar-refractivity contribution is 6.07. The summed E-state index contributed by atoms with van der Waals surface area (Å²) in [6, 6.07) is 7.27. The molecule has 0 unspecified atom stereocenters. The van der Waals surface area contributed by atoms with Crippen LogP contribution in [0.15, 0.2) is 30.3 Å². The van der Waals surface area contributed by atoms with Crippen molar-refractivity contribution in [2.45, 2.75) is 6.18 Å². The largest absolute Gasteiger partial charge is 0.486 e. The molecule has 0 aliphatic carbocycles. The van der Waals surface area contributed by atoms with Crippen molar-refractivity contribution in [2.75, 3.05) is 25.1 Å². The van der Waals surface area contributed by atoms with Crippen molar-refractivity contribution >= 4 is 17.3 Å². The molecule has 2 aromatic rings. The predicted molar refractivity (Wildman–Crippen MR) is 94.7 cm³/mol. The quantitative estimate of drug-likeness (QED) is 0.577. The second kappa shape index (κ2) is 8.16. The molecule has 12 heteroatoms. The van der Waals surface area contributed by atoms with Crippen molar-refractivity contribution in [3.8, 4) is 23.3 Å². The van der Waals surface area contributed by atoms with Gasteiger partial charge in [0.1, 0.15) is 30.6 Å². The molecule has 1 aliphatic heterocycles. The summed E-state index contributed by atoms with van der Waals surface area (Å²) in [6.45, 7) is -1.18. The van der Waals surface area contributed by atoms with E-state index in [4.69, 9.17) is 14.7 Å². The zero-order valence-electron chi connectivity index (χ0n) is 15.0. The molecule has 0 radical (unpaired) electrons. The van der Waals surface area contributed by atoms with Crippen LogP contribution in [0.4, 0.5) is 24.5 Å². The van der Waals surface area contributed by atoms with Crippen molar-refractivity contribution in [1.82, 2.24) is 0 Å². The van der Waals surface area contributed by atoms with Gasteiger partial charge in [-0.15, -0.1) is 0 Å². The van der Waals surface area contributed by atoms with E-state index in [-0.39, 0.29) is 47.3 Å². The Morgan fingerprint density at radius 3 is 2.50 bits per heavy atom. The normalized spacial score (nSPS) is 12.6. The SMILES string of the molecule is N#Cc1cc(NC(=O)c2cc3c(cc2[N+](=O)[O-])OCCO3)ccc1OCC(F)(F)F. The number of ether oxygens (including phenoxy) is 3. The van der Waals surface area contributed by atoms with Crippen LogP contribution in [0.25, 0.3) is 0 Å². The van der Waals surface area contributed by atoms with E-state index in [2.05, 4.69) is 10.1 Å². The summed E-state index contributed by atoms with van der Waals surface area (Å²) >= 11 is 0. The number of nitro benzene ring substituents is 1. The summed E-state index contributed by atoms with van der Waals surface area (Å²) in [5.41, 5.74) is -1.07. The van der Waals surface area contributed by atoms with E-state index in [0.717, 1.165) is 24.3 Å². The zero-order valence-corrected chi connectivity index (χ0v) is 15.0. The number of nitrogens with one attached hydrogen (secondary N) is 1. The fraction of sp³-hybridized carbons (Fsp3) is 0.222. The summed E-state index contributed by atoms with van der Waals surface area (Å²) in [6.07, 6.45) is -4.59. The van der Waals surface area contributed by atoms with E-state index in [1.165, 1.54) is 6.07 Å². The van der Waals surface area contributed by atoms with Crippen LogP contribution in [0.2, 0.25) is 0 Å². The number of fused-ring (bicyclic) bond motifs is 1. The molecule has 0 saturated carbocycles. The smallest absolute Gasteiger partial charge is 0.422 e. The molecule has 0 saturated heterocycles. The Morgan fingerprint density at radius 1 is 1.23 bits per heavy atom. The van der Waals surface area contributed by atoms with E-state index < -0.39 is 29.3 Å². The topological polar surface area (TPSA) is 124 Å². The minimum absolute atomic E-state index is 0.0279. The maximum atomic E-state index is 12.6. The van der Waals surface area contributed by atoms with Crippen LogP contribution in [0.5, 0.6) is 17.2 Å². The summed E-state index contributed by atoms with van der Waals surface area (Å²) < 4.78 is 52.1. The number of rotatable bonds is 5. The number of carbonyl (C=O) groups is 1. The molecule has 0 fully saturated rings. The highest BCUT2D eigenvalue weighted by Crippen LogP contribution is 2.37. The Hall–Kier alpha value is -4.01. The Balaban J connectivity index is 1.85. The van der Waals surface area contributed by atoms with E-state index >= 15 is 0 Å². The van der Waals surface area contributed by atoms with Crippen LogP contribution in [0.3, 0.4) is 0 Å². The number of benzene rings is 2. The van der Waals surface area contributed by atoms with Crippen LogP contribution in [0.1, 0.15) is 15.9 Å². The monoisotopic (exact) mass is 423 g/mol. The molecule has 1 heterocycles. The van der Waals surface area contributed by atoms with Gasteiger partial charge in [-0.05, 0) is 18.2 Å². The third-order valence-corrected chi connectivity index (χ3v) is 3.85. The minimum Gasteiger partial charge on any atom is -0.486 e. The Labute approximate surface area is 166 Å². The molecule has 0 bridgehead atoms. The zero-order chi connectivity index (χ0) is 21.9. The van der Waals surface area contributed by atoms with Crippen LogP contribution < -0.4 is 19.5 Å². The van der Waals surface area contributed by atoms with E-state index in [1.807, 2.05) is 0 Å². The summed E-state index contributed by atoms with van der Waals surface area (Å²) in [7, 11) is 0. The third-order valence-electron chi connectivity index (χ3n) is 3.85. The van der Waals surface area contributed by atoms with Crippen molar-refractivity contribution in [1.29, 1.82) is 5.26 Å². The van der Waals surface area contributed by atoms with Gasteiger partial charge in [0.2, 0.25) is 0 Å². The lowest BCUT2D eigenvalue weighted by molar-refractivity contribution is -0.385. The van der Waals surface area contributed by atoms with Crippen LogP contribution in [-0.4, -0.2) is 36.8 Å². The van der Waals surface area contributed by atoms with Crippen LogP contribution in [-0.2, 0) is 0 Å². The van der Waals surface area contributed by atoms with Crippen molar-refractivity contribution in [2.24, 2.45) is 0 Å². The maximum absolute atomic E-state index is 12.6. The average Bonchev–Trinajstić information content (AvgIpc) is 2.70. The molecule has 0 spiro atoms. The first-order valence-electron chi connectivity index (χ1n) is 8.31. The molecule has 156 valence electrons. The number of hydrogen-bond acceptors (Lipinski definition) is 7. The van der Waals surface area contributed by atoms with Gasteiger partial charge in [-0.2, -0.15) is 18.4 Å². The molecular weight excluding hydrogens is 411 g/mol. The van der Waals surface area contributed by atoms with Crippen molar-refractivity contribution in [3.05, 3.63) is 51.6 Å². The average molecular weight is 423 g/mol. The number of nitro groups is 1. The molecule has 1 aliphatic rings. The maximum Gasteiger partial charge on any atom is 0.422 e. The number of hydrogen-bond donors (Lipinski definition) is 1. The number of halogens is 3. The fourth-order valence-corrected chi connectivity index (χ4v) is 2.59. The third kappa shape index (κ3) is 4.69. The molecule has 1 amide bonds. The highest BCUT2D eigenvalue weighted by Gasteiger charge is 2.29. The molecule has 0 atom stereocenters. The predicted octanol–water partition coefficient (Wildman–Crippen LogP) is 3.43. The molecule has 2 aromatic carbocycles. The lowest BCUT2D eigenvalue weighted by Crippen LogP contribution is -2.20. The Bertz CT molecular complexity index is 1050. The second-order valence-corrected chi connectivity index (χ2v) is 5.95. The van der Waals surface area contributed by atoms with E-state index in [0.29, 0.717) is 0 Å². The van der Waals surface area contributed by atoms with Gasteiger partial charge >= 0.3 is 6.18 Å². The molecule has 3 rings (SSSR count). The molecule has 30 heavy (non-hydrogen) atoms. The first kappa shape index (κ1) is 20.7. The van der Waals surface area contributed by atoms with Gasteiger partial charge in [-0.3, -0.25) is 14.9 Å². The number of alkyl halides is 3. The summed E-state index contributed by atoms with van der Waals surface area (Å²) in [5.74, 6) is -0.919. The first-order chi connectivity index (χ1) is 14.2.